The van der Waals surface area contributed by atoms with Gasteiger partial charge in [-0.05, 0) is 70.5 Å². The number of likely N-dealkylation sites (tertiary alicyclic amines) is 2. The first-order chi connectivity index (χ1) is 10.3. The molecule has 4 nitrogen and oxygen atoms in total. The van der Waals surface area contributed by atoms with E-state index in [0.717, 1.165) is 13.1 Å². The Kier molecular flexibility index (Phi) is 5.04. The van der Waals surface area contributed by atoms with Crippen molar-refractivity contribution in [1.82, 2.24) is 15.1 Å². The zero-order valence-electron chi connectivity index (χ0n) is 13.7. The Morgan fingerprint density at radius 2 is 1.90 bits per heavy atom. The molecular formula is C17H32N4. The third-order valence-corrected chi connectivity index (χ3v) is 5.58. The first-order valence-electron chi connectivity index (χ1n) is 9.07. The lowest BCUT2D eigenvalue weighted by atomic mass is 9.68. The van der Waals surface area contributed by atoms with Crippen molar-refractivity contribution in [1.29, 1.82) is 0 Å². The minimum atomic E-state index is 0.658. The molecule has 3 rings (SSSR count). The highest BCUT2D eigenvalue weighted by Crippen LogP contribution is 2.47. The molecule has 3 aliphatic rings. The largest absolute Gasteiger partial charge is 0.357 e. The van der Waals surface area contributed by atoms with E-state index in [0.29, 0.717) is 5.41 Å². The van der Waals surface area contributed by atoms with Crippen molar-refractivity contribution < 1.29 is 0 Å². The molecule has 0 aromatic heterocycles. The third kappa shape index (κ3) is 3.71. The summed E-state index contributed by atoms with van der Waals surface area (Å²) in [6.45, 7) is 10.4. The van der Waals surface area contributed by atoms with Crippen molar-refractivity contribution in [3.05, 3.63) is 0 Å². The van der Waals surface area contributed by atoms with Gasteiger partial charge in [-0.25, -0.2) is 0 Å². The maximum absolute atomic E-state index is 4.89. The summed E-state index contributed by atoms with van der Waals surface area (Å²) < 4.78 is 0. The summed E-state index contributed by atoms with van der Waals surface area (Å²) >= 11 is 0. The van der Waals surface area contributed by atoms with Crippen molar-refractivity contribution in [2.45, 2.75) is 51.9 Å². The predicted molar refractivity (Wildman–Crippen MR) is 88.7 cm³/mol. The molecule has 2 saturated heterocycles. The first-order valence-corrected chi connectivity index (χ1v) is 9.07. The van der Waals surface area contributed by atoms with Crippen molar-refractivity contribution in [3.63, 3.8) is 0 Å². The number of hydrogen-bond donors (Lipinski definition) is 1. The van der Waals surface area contributed by atoms with E-state index in [2.05, 4.69) is 22.0 Å². The quantitative estimate of drug-likeness (QED) is 0.479. The van der Waals surface area contributed by atoms with Crippen LogP contribution in [-0.2, 0) is 0 Å². The SMILES string of the molecule is CCNC(=NCCCN1CCCC1)N1CCC2(CCC2)C1. The number of aliphatic imine (C=N–C) groups is 1. The van der Waals surface area contributed by atoms with Crippen LogP contribution in [0.1, 0.15) is 51.9 Å². The molecule has 1 spiro atoms. The van der Waals surface area contributed by atoms with E-state index >= 15 is 0 Å². The fourth-order valence-corrected chi connectivity index (χ4v) is 4.11. The molecule has 0 radical (unpaired) electrons. The van der Waals surface area contributed by atoms with E-state index in [4.69, 9.17) is 4.99 Å². The van der Waals surface area contributed by atoms with E-state index in [1.165, 1.54) is 83.6 Å². The second-order valence-electron chi connectivity index (χ2n) is 7.16. The Hall–Kier alpha value is -0.770. The van der Waals surface area contributed by atoms with Crippen LogP contribution in [0.2, 0.25) is 0 Å². The third-order valence-electron chi connectivity index (χ3n) is 5.58. The summed E-state index contributed by atoms with van der Waals surface area (Å²) in [6.07, 6.45) is 9.69. The Balaban J connectivity index is 1.45. The van der Waals surface area contributed by atoms with Crippen molar-refractivity contribution in [2.24, 2.45) is 10.4 Å². The fraction of sp³-hybridized carbons (Fsp3) is 0.941. The summed E-state index contributed by atoms with van der Waals surface area (Å²) in [5, 5.41) is 3.50. The minimum absolute atomic E-state index is 0.658. The number of guanidine groups is 1. The molecule has 2 heterocycles. The van der Waals surface area contributed by atoms with E-state index < -0.39 is 0 Å². The summed E-state index contributed by atoms with van der Waals surface area (Å²) in [7, 11) is 0. The zero-order chi connectivity index (χ0) is 14.5. The van der Waals surface area contributed by atoms with Gasteiger partial charge in [0, 0.05) is 26.2 Å². The van der Waals surface area contributed by atoms with Gasteiger partial charge in [0.05, 0.1) is 0 Å². The second kappa shape index (κ2) is 6.99. The first kappa shape index (κ1) is 15.1. The highest BCUT2D eigenvalue weighted by Gasteiger charge is 2.43. The Bertz CT molecular complexity index is 356. The Labute approximate surface area is 130 Å². The van der Waals surface area contributed by atoms with E-state index in [9.17, 15) is 0 Å². The molecule has 0 aromatic carbocycles. The van der Waals surface area contributed by atoms with Crippen LogP contribution in [0.4, 0.5) is 0 Å². The molecule has 120 valence electrons. The van der Waals surface area contributed by atoms with Crippen molar-refractivity contribution in [2.75, 3.05) is 45.8 Å². The Morgan fingerprint density at radius 1 is 1.10 bits per heavy atom. The molecular weight excluding hydrogens is 260 g/mol. The number of nitrogens with zero attached hydrogens (tertiary/aromatic N) is 3. The average molecular weight is 292 g/mol. The van der Waals surface area contributed by atoms with Crippen LogP contribution in [0.3, 0.4) is 0 Å². The van der Waals surface area contributed by atoms with Crippen LogP contribution in [0.25, 0.3) is 0 Å². The summed E-state index contributed by atoms with van der Waals surface area (Å²) in [4.78, 5) is 9.98. The second-order valence-corrected chi connectivity index (χ2v) is 7.16. The fourth-order valence-electron chi connectivity index (χ4n) is 4.11. The van der Waals surface area contributed by atoms with Gasteiger partial charge in [-0.3, -0.25) is 4.99 Å². The lowest BCUT2D eigenvalue weighted by Gasteiger charge is -2.38. The molecule has 0 bridgehead atoms. The summed E-state index contributed by atoms with van der Waals surface area (Å²) in [5.74, 6) is 1.17. The topological polar surface area (TPSA) is 30.9 Å². The van der Waals surface area contributed by atoms with Gasteiger partial charge in [0.2, 0.25) is 0 Å². The van der Waals surface area contributed by atoms with E-state index in [1.54, 1.807) is 0 Å². The van der Waals surface area contributed by atoms with Gasteiger partial charge in [0.1, 0.15) is 0 Å². The van der Waals surface area contributed by atoms with Crippen LogP contribution in [0, 0.1) is 5.41 Å². The van der Waals surface area contributed by atoms with Gasteiger partial charge in [-0.15, -0.1) is 0 Å². The molecule has 0 unspecified atom stereocenters. The highest BCUT2D eigenvalue weighted by atomic mass is 15.3. The molecule has 3 fully saturated rings. The monoisotopic (exact) mass is 292 g/mol. The van der Waals surface area contributed by atoms with E-state index in [-0.39, 0.29) is 0 Å². The zero-order valence-corrected chi connectivity index (χ0v) is 13.7. The maximum atomic E-state index is 4.89. The number of rotatable bonds is 5. The number of hydrogen-bond acceptors (Lipinski definition) is 2. The van der Waals surface area contributed by atoms with Crippen molar-refractivity contribution >= 4 is 5.96 Å². The molecule has 0 atom stereocenters. The molecule has 21 heavy (non-hydrogen) atoms. The normalized spacial score (nSPS) is 25.6. The van der Waals surface area contributed by atoms with Gasteiger partial charge in [0.15, 0.2) is 5.96 Å². The van der Waals surface area contributed by atoms with Gasteiger partial charge in [-0.2, -0.15) is 0 Å². The van der Waals surface area contributed by atoms with Crippen molar-refractivity contribution in [3.8, 4) is 0 Å². The molecule has 4 heteroatoms. The van der Waals surface area contributed by atoms with E-state index in [1.807, 2.05) is 0 Å². The average Bonchev–Trinajstić information content (AvgIpc) is 3.10. The molecule has 1 N–H and O–H groups in total. The minimum Gasteiger partial charge on any atom is -0.357 e. The van der Waals surface area contributed by atoms with Gasteiger partial charge in [0.25, 0.3) is 0 Å². The lowest BCUT2D eigenvalue weighted by molar-refractivity contribution is 0.151. The summed E-state index contributed by atoms with van der Waals surface area (Å²) in [6, 6.07) is 0. The Morgan fingerprint density at radius 3 is 2.52 bits per heavy atom. The standard InChI is InChI=1S/C17H32N4/c1-2-18-16(19-10-6-13-20-11-3-4-12-20)21-14-9-17(15-21)7-5-8-17/h2-15H2,1H3,(H,18,19). The van der Waals surface area contributed by atoms with Crippen LogP contribution in [0.15, 0.2) is 4.99 Å². The molecule has 0 amide bonds. The number of nitrogens with one attached hydrogen (secondary N) is 1. The highest BCUT2D eigenvalue weighted by molar-refractivity contribution is 5.80. The smallest absolute Gasteiger partial charge is 0.193 e. The maximum Gasteiger partial charge on any atom is 0.193 e. The molecule has 0 aromatic rings. The van der Waals surface area contributed by atoms with Crippen LogP contribution in [0.5, 0.6) is 0 Å². The van der Waals surface area contributed by atoms with Gasteiger partial charge in [-0.1, -0.05) is 6.42 Å². The predicted octanol–water partition coefficient (Wildman–Crippen LogP) is 2.31. The molecule has 2 aliphatic heterocycles. The van der Waals surface area contributed by atoms with Gasteiger partial charge >= 0.3 is 0 Å². The van der Waals surface area contributed by atoms with Crippen LogP contribution < -0.4 is 5.32 Å². The molecule has 1 saturated carbocycles. The van der Waals surface area contributed by atoms with Crippen LogP contribution >= 0.6 is 0 Å². The summed E-state index contributed by atoms with van der Waals surface area (Å²) in [5.41, 5.74) is 0.658. The molecule has 1 aliphatic carbocycles. The lowest BCUT2D eigenvalue weighted by Crippen LogP contribution is -2.42. The van der Waals surface area contributed by atoms with Crippen LogP contribution in [-0.4, -0.2) is 61.6 Å². The van der Waals surface area contributed by atoms with Gasteiger partial charge < -0.3 is 15.1 Å².